The van der Waals surface area contributed by atoms with E-state index in [9.17, 15) is 0 Å². The van der Waals surface area contributed by atoms with Gasteiger partial charge in [0.15, 0.2) is 5.82 Å². The van der Waals surface area contributed by atoms with E-state index in [0.29, 0.717) is 6.04 Å². The van der Waals surface area contributed by atoms with Gasteiger partial charge in [-0.15, -0.1) is 0 Å². The van der Waals surface area contributed by atoms with E-state index in [1.807, 2.05) is 35.0 Å². The highest BCUT2D eigenvalue weighted by Gasteiger charge is 2.19. The molecule has 0 saturated carbocycles. The lowest BCUT2D eigenvalue weighted by atomic mass is 10.1. The third-order valence-corrected chi connectivity index (χ3v) is 5.54. The zero-order valence-electron chi connectivity index (χ0n) is 15.5. The Balaban J connectivity index is 1.57. The first-order valence-electron chi connectivity index (χ1n) is 9.41. The Kier molecular flexibility index (Phi) is 5.29. The number of anilines is 1. The lowest BCUT2D eigenvalue weighted by molar-refractivity contribution is 0.206. The van der Waals surface area contributed by atoms with Gasteiger partial charge in [0.05, 0.1) is 6.04 Å². The minimum absolute atomic E-state index is 0.108. The number of fused-ring (bicyclic) bond motifs is 1. The van der Waals surface area contributed by atoms with Crippen molar-refractivity contribution in [3.8, 4) is 0 Å². The van der Waals surface area contributed by atoms with Gasteiger partial charge in [0, 0.05) is 23.8 Å². The summed E-state index contributed by atoms with van der Waals surface area (Å²) in [6.45, 7) is 5.09. The number of nitrogens with one attached hydrogen (secondary N) is 1. The third kappa shape index (κ3) is 4.08. The molecule has 3 aromatic rings. The van der Waals surface area contributed by atoms with Crippen LogP contribution in [0.25, 0.3) is 5.52 Å². The van der Waals surface area contributed by atoms with Crippen molar-refractivity contribution in [1.29, 1.82) is 0 Å². The van der Waals surface area contributed by atoms with E-state index in [4.69, 9.17) is 17.3 Å². The van der Waals surface area contributed by atoms with E-state index >= 15 is 0 Å². The summed E-state index contributed by atoms with van der Waals surface area (Å²) in [7, 11) is 0. The normalized spacial score (nSPS) is 17.3. The van der Waals surface area contributed by atoms with Crippen molar-refractivity contribution in [3.05, 3.63) is 59.0 Å². The number of halogens is 1. The Morgan fingerprint density at radius 2 is 1.96 bits per heavy atom. The molecule has 27 heavy (non-hydrogen) atoms. The predicted molar refractivity (Wildman–Crippen MR) is 109 cm³/mol. The van der Waals surface area contributed by atoms with Gasteiger partial charge < -0.3 is 11.1 Å². The molecule has 0 amide bonds. The van der Waals surface area contributed by atoms with E-state index in [-0.39, 0.29) is 6.04 Å². The van der Waals surface area contributed by atoms with Crippen LogP contribution in [0, 0.1) is 0 Å². The number of nitrogens with two attached hydrogens (primary N) is 1. The molecule has 142 valence electrons. The van der Waals surface area contributed by atoms with Gasteiger partial charge in [0.25, 0.3) is 0 Å². The molecule has 1 saturated heterocycles. The van der Waals surface area contributed by atoms with E-state index in [1.54, 1.807) is 6.33 Å². The zero-order valence-corrected chi connectivity index (χ0v) is 16.2. The number of benzene rings is 1. The predicted octanol–water partition coefficient (Wildman–Crippen LogP) is 3.48. The number of piperidine rings is 1. The van der Waals surface area contributed by atoms with Gasteiger partial charge in [0.1, 0.15) is 11.8 Å². The summed E-state index contributed by atoms with van der Waals surface area (Å²) in [6, 6.07) is 10.5. The maximum absolute atomic E-state index is 6.04. The lowest BCUT2D eigenvalue weighted by Gasteiger charge is -2.29. The lowest BCUT2D eigenvalue weighted by Crippen LogP contribution is -2.39. The van der Waals surface area contributed by atoms with E-state index in [0.717, 1.165) is 54.4 Å². The molecular weight excluding hydrogens is 360 g/mol. The van der Waals surface area contributed by atoms with Crippen LogP contribution >= 0.6 is 11.6 Å². The molecule has 2 aromatic heterocycles. The van der Waals surface area contributed by atoms with Crippen LogP contribution in [0.3, 0.4) is 0 Å². The first-order chi connectivity index (χ1) is 13.1. The summed E-state index contributed by atoms with van der Waals surface area (Å²) in [4.78, 5) is 6.98. The minimum Gasteiger partial charge on any atom is -0.362 e. The molecule has 7 heteroatoms. The van der Waals surface area contributed by atoms with Crippen LogP contribution in [-0.2, 0) is 6.54 Å². The van der Waals surface area contributed by atoms with E-state index < -0.39 is 0 Å². The number of likely N-dealkylation sites (tertiary alicyclic amines) is 1. The van der Waals surface area contributed by atoms with Gasteiger partial charge in [0.2, 0.25) is 0 Å². The fourth-order valence-corrected chi connectivity index (χ4v) is 3.77. The van der Waals surface area contributed by atoms with Crippen LogP contribution in [-0.4, -0.2) is 38.6 Å². The highest BCUT2D eigenvalue weighted by Crippen LogP contribution is 2.26. The molecule has 4 rings (SSSR count). The molecule has 0 bridgehead atoms. The van der Waals surface area contributed by atoms with Crippen LogP contribution in [0.4, 0.5) is 5.82 Å². The van der Waals surface area contributed by atoms with Gasteiger partial charge in [-0.1, -0.05) is 23.7 Å². The molecule has 1 aliphatic rings. The largest absolute Gasteiger partial charge is 0.362 e. The van der Waals surface area contributed by atoms with Crippen molar-refractivity contribution in [2.24, 2.45) is 5.73 Å². The number of hydrogen-bond donors (Lipinski definition) is 2. The second-order valence-electron chi connectivity index (χ2n) is 7.27. The van der Waals surface area contributed by atoms with Crippen LogP contribution in [0.1, 0.15) is 36.9 Å². The molecule has 1 aromatic carbocycles. The average molecular weight is 385 g/mol. The standard InChI is InChI=1S/C20H25ClN6/c1-14(15-2-4-17(21)5-3-15)25-20-19-16(6-11-27(19)24-13-23-20)12-26-9-7-18(22)8-10-26/h2-6,11,13-14,18H,7-10,12,22H2,1H3,(H,23,24,25). The van der Waals surface area contributed by atoms with Gasteiger partial charge >= 0.3 is 0 Å². The molecule has 0 radical (unpaired) electrons. The fraction of sp³-hybridized carbons (Fsp3) is 0.400. The van der Waals surface area contributed by atoms with Gasteiger partial charge in [-0.25, -0.2) is 9.50 Å². The summed E-state index contributed by atoms with van der Waals surface area (Å²) in [5.74, 6) is 0.848. The quantitative estimate of drug-likeness (QED) is 0.704. The van der Waals surface area contributed by atoms with Crippen LogP contribution < -0.4 is 11.1 Å². The molecule has 1 atom stereocenters. The van der Waals surface area contributed by atoms with E-state index in [2.05, 4.69) is 33.3 Å². The van der Waals surface area contributed by atoms with Crippen molar-refractivity contribution in [2.75, 3.05) is 18.4 Å². The number of nitrogens with zero attached hydrogens (tertiary/aromatic N) is 4. The topological polar surface area (TPSA) is 71.5 Å². The number of hydrogen-bond acceptors (Lipinski definition) is 5. The smallest absolute Gasteiger partial charge is 0.154 e. The first kappa shape index (κ1) is 18.2. The Morgan fingerprint density at radius 3 is 2.70 bits per heavy atom. The average Bonchev–Trinajstić information content (AvgIpc) is 3.08. The van der Waals surface area contributed by atoms with Crippen molar-refractivity contribution < 1.29 is 0 Å². The summed E-state index contributed by atoms with van der Waals surface area (Å²) in [5, 5.41) is 8.65. The summed E-state index contributed by atoms with van der Waals surface area (Å²) >= 11 is 6.01. The molecule has 6 nitrogen and oxygen atoms in total. The van der Waals surface area contributed by atoms with Crippen molar-refractivity contribution >= 4 is 22.9 Å². The second-order valence-corrected chi connectivity index (χ2v) is 7.71. The maximum atomic E-state index is 6.04. The highest BCUT2D eigenvalue weighted by atomic mass is 35.5. The minimum atomic E-state index is 0.108. The first-order valence-corrected chi connectivity index (χ1v) is 9.79. The molecule has 0 spiro atoms. The third-order valence-electron chi connectivity index (χ3n) is 5.29. The monoisotopic (exact) mass is 384 g/mol. The Hall–Kier alpha value is -2.15. The Morgan fingerprint density at radius 1 is 1.22 bits per heavy atom. The second kappa shape index (κ2) is 7.84. The molecular formula is C20H25ClN6. The number of aromatic nitrogens is 3. The van der Waals surface area contributed by atoms with Gasteiger partial charge in [-0.3, -0.25) is 4.90 Å². The Labute approximate surface area is 164 Å². The van der Waals surface area contributed by atoms with Crippen molar-refractivity contribution in [3.63, 3.8) is 0 Å². The van der Waals surface area contributed by atoms with Crippen LogP contribution in [0.15, 0.2) is 42.9 Å². The molecule has 1 fully saturated rings. The maximum Gasteiger partial charge on any atom is 0.154 e. The summed E-state index contributed by atoms with van der Waals surface area (Å²) in [6.07, 6.45) is 5.70. The van der Waals surface area contributed by atoms with Crippen molar-refractivity contribution in [2.45, 2.75) is 38.4 Å². The number of rotatable bonds is 5. The summed E-state index contributed by atoms with van der Waals surface area (Å²) < 4.78 is 1.90. The van der Waals surface area contributed by atoms with Crippen LogP contribution in [0.5, 0.6) is 0 Å². The Bertz CT molecular complexity index is 898. The fourth-order valence-electron chi connectivity index (χ4n) is 3.64. The van der Waals surface area contributed by atoms with Crippen LogP contribution in [0.2, 0.25) is 5.02 Å². The molecule has 3 N–H and O–H groups in total. The van der Waals surface area contributed by atoms with Crippen molar-refractivity contribution in [1.82, 2.24) is 19.5 Å². The summed E-state index contributed by atoms with van der Waals surface area (Å²) in [5.41, 5.74) is 9.47. The zero-order chi connectivity index (χ0) is 18.8. The molecule has 1 unspecified atom stereocenters. The van der Waals surface area contributed by atoms with E-state index in [1.165, 1.54) is 5.56 Å². The molecule has 1 aliphatic heterocycles. The molecule has 0 aliphatic carbocycles. The SMILES string of the molecule is CC(Nc1ncnn2ccc(CN3CCC(N)CC3)c12)c1ccc(Cl)cc1. The van der Waals surface area contributed by atoms with Gasteiger partial charge in [-0.05, 0) is 62.2 Å². The highest BCUT2D eigenvalue weighted by molar-refractivity contribution is 6.30. The molecule has 3 heterocycles. The van der Waals surface area contributed by atoms with Gasteiger partial charge in [-0.2, -0.15) is 5.10 Å².